The molecule has 0 aliphatic heterocycles. The molecule has 0 N–H and O–H groups in total. The van der Waals surface area contributed by atoms with E-state index in [9.17, 15) is 17.4 Å². The number of thiazole rings is 1. The van der Waals surface area contributed by atoms with Gasteiger partial charge in [-0.1, -0.05) is 55.7 Å². The van der Waals surface area contributed by atoms with E-state index in [2.05, 4.69) is 9.97 Å². The maximum absolute atomic E-state index is 14.7. The standard InChI is InChI=1S/C32H26F3N3OS2/c33-23-10-7-9-21(19-23)30-31(40-32(37-30)29-26(34)15-8-16-27(29)35)22-17-18-36-28(20-22)38-41(39,24-11-3-1-4-12-24)25-13-5-2-6-14-25/h1,3-4,7-12,15-20,25H,2,5-6,13-14H2. The Morgan fingerprint density at radius 3 is 2.27 bits per heavy atom. The highest BCUT2D eigenvalue weighted by Crippen LogP contribution is 2.43. The topological polar surface area (TPSA) is 55.2 Å². The van der Waals surface area contributed by atoms with Gasteiger partial charge in [0, 0.05) is 21.9 Å². The largest absolute Gasteiger partial charge is 0.244 e. The minimum Gasteiger partial charge on any atom is -0.244 e. The van der Waals surface area contributed by atoms with Crippen LogP contribution in [0.1, 0.15) is 32.1 Å². The van der Waals surface area contributed by atoms with Crippen molar-refractivity contribution in [3.8, 4) is 32.3 Å². The molecule has 0 radical (unpaired) electrons. The molecular formula is C32H26F3N3OS2. The molecule has 0 spiro atoms. The fourth-order valence-corrected chi connectivity index (χ4v) is 8.89. The maximum Gasteiger partial charge on any atom is 0.162 e. The van der Waals surface area contributed by atoms with Gasteiger partial charge in [0.05, 0.1) is 25.9 Å². The molecule has 2 aromatic heterocycles. The van der Waals surface area contributed by atoms with Gasteiger partial charge in [-0.15, -0.1) is 11.3 Å². The Bertz CT molecular complexity index is 1810. The van der Waals surface area contributed by atoms with E-state index in [0.29, 0.717) is 32.4 Å². The second-order valence-electron chi connectivity index (χ2n) is 9.94. The zero-order valence-electron chi connectivity index (χ0n) is 22.0. The molecule has 3 aromatic carbocycles. The summed E-state index contributed by atoms with van der Waals surface area (Å²) in [6.07, 6.45) is 6.35. The zero-order valence-corrected chi connectivity index (χ0v) is 23.6. The van der Waals surface area contributed by atoms with E-state index in [0.717, 1.165) is 43.4 Å². The van der Waals surface area contributed by atoms with Crippen LogP contribution in [0.4, 0.5) is 19.0 Å². The average molecular weight is 590 g/mol. The lowest BCUT2D eigenvalue weighted by molar-refractivity contribution is 0.502. The lowest BCUT2D eigenvalue weighted by atomic mass is 10.0. The van der Waals surface area contributed by atoms with Gasteiger partial charge in [0.1, 0.15) is 22.5 Å². The average Bonchev–Trinajstić information content (AvgIpc) is 3.43. The molecule has 9 heteroatoms. The summed E-state index contributed by atoms with van der Waals surface area (Å²) >= 11 is 1.09. The van der Waals surface area contributed by atoms with Crippen LogP contribution in [0.25, 0.3) is 32.3 Å². The summed E-state index contributed by atoms with van der Waals surface area (Å²) in [6.45, 7) is 0. The van der Waals surface area contributed by atoms with Crippen molar-refractivity contribution in [2.24, 2.45) is 4.36 Å². The molecule has 5 aromatic rings. The van der Waals surface area contributed by atoms with Crippen molar-refractivity contribution in [1.29, 1.82) is 0 Å². The highest BCUT2D eigenvalue weighted by molar-refractivity contribution is 7.94. The third kappa shape index (κ3) is 5.56. The van der Waals surface area contributed by atoms with E-state index >= 15 is 0 Å². The van der Waals surface area contributed by atoms with Crippen LogP contribution in [0.3, 0.4) is 0 Å². The van der Waals surface area contributed by atoms with Crippen LogP contribution < -0.4 is 0 Å². The molecule has 41 heavy (non-hydrogen) atoms. The van der Waals surface area contributed by atoms with Gasteiger partial charge in [-0.2, -0.15) is 4.36 Å². The predicted molar refractivity (Wildman–Crippen MR) is 158 cm³/mol. The van der Waals surface area contributed by atoms with Crippen LogP contribution in [-0.2, 0) is 9.73 Å². The Labute approximate surface area is 241 Å². The molecule has 208 valence electrons. The summed E-state index contributed by atoms with van der Waals surface area (Å²) in [4.78, 5) is 10.3. The molecule has 0 saturated heterocycles. The lowest BCUT2D eigenvalue weighted by Gasteiger charge is -2.25. The van der Waals surface area contributed by atoms with Gasteiger partial charge in [-0.3, -0.25) is 0 Å². The SMILES string of the molecule is O=S(=Nc1cc(-c2sc(-c3c(F)cccc3F)nc2-c2cccc(F)c2)ccn1)(c1ccccc1)C1CCCCC1. The highest BCUT2D eigenvalue weighted by atomic mass is 32.2. The molecule has 1 fully saturated rings. The number of nitrogens with zero attached hydrogens (tertiary/aromatic N) is 3. The van der Waals surface area contributed by atoms with Crippen LogP contribution in [0.2, 0.25) is 0 Å². The summed E-state index contributed by atoms with van der Waals surface area (Å²) in [5.74, 6) is -1.65. The molecule has 1 aliphatic rings. The Morgan fingerprint density at radius 1 is 0.805 bits per heavy atom. The fraction of sp³-hybridized carbons (Fsp3) is 0.188. The van der Waals surface area contributed by atoms with Crippen LogP contribution >= 0.6 is 11.3 Å². The number of benzene rings is 3. The molecule has 0 bridgehead atoms. The second kappa shape index (κ2) is 11.6. The summed E-state index contributed by atoms with van der Waals surface area (Å²) in [7, 11) is -2.84. The number of aromatic nitrogens is 2. The summed E-state index contributed by atoms with van der Waals surface area (Å²) < 4.78 is 63.1. The molecule has 1 saturated carbocycles. The maximum atomic E-state index is 14.7. The minimum absolute atomic E-state index is 0.0917. The Hall–Kier alpha value is -3.82. The van der Waals surface area contributed by atoms with Crippen LogP contribution in [-0.4, -0.2) is 19.4 Å². The third-order valence-corrected chi connectivity index (χ3v) is 11.1. The van der Waals surface area contributed by atoms with E-state index in [1.165, 1.54) is 30.3 Å². The van der Waals surface area contributed by atoms with Gasteiger partial charge < -0.3 is 0 Å². The van der Waals surface area contributed by atoms with Crippen LogP contribution in [0.15, 0.2) is 100 Å². The van der Waals surface area contributed by atoms with Gasteiger partial charge in [0.25, 0.3) is 0 Å². The zero-order chi connectivity index (χ0) is 28.4. The molecule has 1 aliphatic carbocycles. The molecule has 1 atom stereocenters. The van der Waals surface area contributed by atoms with E-state index in [-0.39, 0.29) is 15.8 Å². The van der Waals surface area contributed by atoms with Crippen molar-refractivity contribution >= 4 is 26.9 Å². The van der Waals surface area contributed by atoms with E-state index in [4.69, 9.17) is 4.36 Å². The van der Waals surface area contributed by atoms with Crippen molar-refractivity contribution in [2.75, 3.05) is 0 Å². The summed E-state index contributed by atoms with van der Waals surface area (Å²) in [6, 6.07) is 22.3. The first-order valence-electron chi connectivity index (χ1n) is 13.4. The first-order chi connectivity index (χ1) is 19.9. The minimum atomic E-state index is -2.84. The van der Waals surface area contributed by atoms with Gasteiger partial charge >= 0.3 is 0 Å². The van der Waals surface area contributed by atoms with Crippen molar-refractivity contribution in [1.82, 2.24) is 9.97 Å². The van der Waals surface area contributed by atoms with Crippen LogP contribution in [0.5, 0.6) is 0 Å². The lowest BCUT2D eigenvalue weighted by Crippen LogP contribution is -2.23. The number of rotatable bonds is 6. The fourth-order valence-electron chi connectivity index (χ4n) is 5.22. The van der Waals surface area contributed by atoms with Gasteiger partial charge in [0.2, 0.25) is 0 Å². The highest BCUT2D eigenvalue weighted by Gasteiger charge is 2.28. The van der Waals surface area contributed by atoms with E-state index < -0.39 is 27.2 Å². The van der Waals surface area contributed by atoms with Gasteiger partial charge in [0.15, 0.2) is 5.82 Å². The number of hydrogen-bond donors (Lipinski definition) is 0. The Morgan fingerprint density at radius 2 is 1.54 bits per heavy atom. The first kappa shape index (κ1) is 27.4. The number of halogens is 3. The third-order valence-electron chi connectivity index (χ3n) is 7.22. The van der Waals surface area contributed by atoms with Crippen LogP contribution in [0, 0.1) is 17.5 Å². The predicted octanol–water partition coefficient (Wildman–Crippen LogP) is 9.45. The molecule has 0 amide bonds. The van der Waals surface area contributed by atoms with Gasteiger partial charge in [-0.25, -0.2) is 27.3 Å². The van der Waals surface area contributed by atoms with Crippen molar-refractivity contribution in [3.63, 3.8) is 0 Å². The Balaban J connectivity index is 1.52. The van der Waals surface area contributed by atoms with E-state index in [1.54, 1.807) is 30.5 Å². The van der Waals surface area contributed by atoms with Crippen molar-refractivity contribution in [3.05, 3.63) is 109 Å². The molecule has 1 unspecified atom stereocenters. The second-order valence-corrected chi connectivity index (χ2v) is 13.4. The monoisotopic (exact) mass is 589 g/mol. The first-order valence-corrected chi connectivity index (χ1v) is 15.8. The summed E-state index contributed by atoms with van der Waals surface area (Å²) in [5, 5.41) is 0.0337. The Kier molecular flexibility index (Phi) is 7.73. The molecular weight excluding hydrogens is 564 g/mol. The number of pyridine rings is 1. The summed E-state index contributed by atoms with van der Waals surface area (Å²) in [5.41, 5.74) is 1.21. The van der Waals surface area contributed by atoms with E-state index in [1.807, 2.05) is 30.3 Å². The van der Waals surface area contributed by atoms with Gasteiger partial charge in [-0.05, 0) is 66.9 Å². The molecule has 4 nitrogen and oxygen atoms in total. The number of hydrogen-bond acceptors (Lipinski definition) is 5. The molecule has 6 rings (SSSR count). The quantitative estimate of drug-likeness (QED) is 0.198. The van der Waals surface area contributed by atoms with Crippen molar-refractivity contribution in [2.45, 2.75) is 42.2 Å². The molecule has 2 heterocycles. The normalized spacial score (nSPS) is 15.4. The van der Waals surface area contributed by atoms with Crippen molar-refractivity contribution < 1.29 is 17.4 Å². The smallest absolute Gasteiger partial charge is 0.162 e.